The monoisotopic (exact) mass is 960 g/mol. The zero-order valence-corrected chi connectivity index (χ0v) is 35.4. The van der Waals surface area contributed by atoms with Gasteiger partial charge in [0.25, 0.3) is 0 Å². The molecule has 0 unspecified atom stereocenters. The zero-order chi connectivity index (χ0) is 42.2. The first kappa shape index (κ1) is 83.2. The van der Waals surface area contributed by atoms with Gasteiger partial charge in [0.15, 0.2) is 29.2 Å². The van der Waals surface area contributed by atoms with Crippen LogP contribution in [0.2, 0.25) is 0 Å². The molecule has 66 heavy (non-hydrogen) atoms. The molecule has 0 aliphatic heterocycles. The molecule has 0 atom stereocenters. The lowest BCUT2D eigenvalue weighted by molar-refractivity contribution is 0.389. The Bertz CT molecular complexity index is 1600. The number of nitrogens with zero attached hydrogens (tertiary/aromatic N) is 15. The second kappa shape index (κ2) is 45.2. The van der Waals surface area contributed by atoms with Crippen molar-refractivity contribution in [3.63, 3.8) is 0 Å². The summed E-state index contributed by atoms with van der Waals surface area (Å²) in [5.41, 5.74) is 0. The van der Waals surface area contributed by atoms with Crippen molar-refractivity contribution >= 4 is 11.3 Å². The number of aromatic nitrogens is 15. The van der Waals surface area contributed by atoms with Gasteiger partial charge in [-0.1, -0.05) is 94.9 Å². The number of aryl methyl sites for hydroxylation is 16. The Morgan fingerprint density at radius 1 is 0.303 bits per heavy atom. The van der Waals surface area contributed by atoms with Crippen LogP contribution in [0, 0.1) is 111 Å². The van der Waals surface area contributed by atoms with Crippen LogP contribution in [0.1, 0.15) is 166 Å². The summed E-state index contributed by atoms with van der Waals surface area (Å²) in [6, 6.07) is 0. The lowest BCUT2D eigenvalue weighted by Crippen LogP contribution is -1.70. The van der Waals surface area contributed by atoms with Crippen molar-refractivity contribution in [1.29, 1.82) is 0 Å². The van der Waals surface area contributed by atoms with Crippen LogP contribution in [0.15, 0.2) is 37.5 Å². The fourth-order valence-corrected chi connectivity index (χ4v) is 3.85. The summed E-state index contributed by atoms with van der Waals surface area (Å²) in [5, 5.41) is 38.2. The van der Waals surface area contributed by atoms with E-state index in [-0.39, 0.29) is 74.3 Å². The smallest absolute Gasteiger partial charge is 0.223 e. The third-order valence-electron chi connectivity index (χ3n) is 5.13. The maximum absolute atomic E-state index is 4.97. The van der Waals surface area contributed by atoms with Crippen LogP contribution in [0.4, 0.5) is 0 Å². The number of hydrogen-bond acceptors (Lipinski definition) is 23. The Labute approximate surface area is 401 Å². The van der Waals surface area contributed by atoms with E-state index in [1.807, 2.05) is 27.7 Å². The maximum atomic E-state index is 4.97. The third kappa shape index (κ3) is 42.9. The predicted octanol–water partition coefficient (Wildman–Crippen LogP) is 12.9. The molecule has 384 valence electrons. The number of rotatable bonds is 0. The van der Waals surface area contributed by atoms with Gasteiger partial charge in [0.05, 0.1) is 6.20 Å². The Morgan fingerprint density at radius 2 is 0.545 bits per heavy atom. The van der Waals surface area contributed by atoms with Crippen molar-refractivity contribution in [2.45, 2.75) is 185 Å². The first-order valence-electron chi connectivity index (χ1n) is 16.6. The van der Waals surface area contributed by atoms with E-state index < -0.39 is 0 Å². The van der Waals surface area contributed by atoms with Gasteiger partial charge in [-0.2, -0.15) is 19.9 Å². The molecule has 0 saturated heterocycles. The number of oxazole rings is 1. The van der Waals surface area contributed by atoms with Gasteiger partial charge in [-0.05, 0) is 48.5 Å². The Hall–Kier alpha value is -6.39. The molecule has 0 amide bonds. The standard InChI is InChI=1S/C5H7NO.6C4H6N2O.C4H6N2S.10CH4/c1-4-3-6-5(2)7-4;2*1-3-5-6-4(2)7-3;4*1-3-5-4(2)7-6-3;1-3-5-6-4(2)7-3;;;;;;;;;;/h3H,1-2H3;7*1-2H3;10*1H4. The average Bonchev–Trinajstić information content (AvgIpc) is 4.00. The molecule has 0 spiro atoms. The van der Waals surface area contributed by atoms with Crippen molar-refractivity contribution < 1.29 is 31.3 Å². The summed E-state index contributed by atoms with van der Waals surface area (Å²) in [7, 11) is 0. The van der Waals surface area contributed by atoms with Crippen molar-refractivity contribution in [2.24, 2.45) is 0 Å². The molecule has 8 rings (SSSR count). The van der Waals surface area contributed by atoms with E-state index >= 15 is 0 Å². The highest BCUT2D eigenvalue weighted by atomic mass is 32.1. The van der Waals surface area contributed by atoms with Gasteiger partial charge in [0.1, 0.15) is 15.8 Å². The average molecular weight is 960 g/mol. The van der Waals surface area contributed by atoms with Crippen LogP contribution >= 0.6 is 11.3 Å². The third-order valence-corrected chi connectivity index (χ3v) is 5.89. The molecule has 8 heterocycles. The second-order valence-corrected chi connectivity index (χ2v) is 12.3. The van der Waals surface area contributed by atoms with Crippen LogP contribution in [-0.2, 0) is 0 Å². The van der Waals surface area contributed by atoms with E-state index in [2.05, 4.69) is 94.2 Å². The quantitative estimate of drug-likeness (QED) is 0.136. The highest BCUT2D eigenvalue weighted by Gasteiger charge is 1.94. The van der Waals surface area contributed by atoms with Crippen molar-refractivity contribution in [3.8, 4) is 0 Å². The van der Waals surface area contributed by atoms with Gasteiger partial charge in [-0.3, -0.25) is 0 Å². The predicted molar refractivity (Wildman–Crippen MR) is 265 cm³/mol. The lowest BCUT2D eigenvalue weighted by Gasteiger charge is -1.73. The van der Waals surface area contributed by atoms with E-state index in [0.29, 0.717) is 70.4 Å². The summed E-state index contributed by atoms with van der Waals surface area (Å²) in [4.78, 5) is 19.2. The van der Waals surface area contributed by atoms with Gasteiger partial charge in [0.2, 0.25) is 47.1 Å². The van der Waals surface area contributed by atoms with Crippen LogP contribution in [0.25, 0.3) is 0 Å². The Kier molecular flexibility index (Phi) is 57.0. The van der Waals surface area contributed by atoms with E-state index in [4.69, 9.17) is 13.3 Å². The molecule has 0 fully saturated rings. The molecular formula is C43H89N15O7S. The first-order chi connectivity index (χ1) is 26.3. The van der Waals surface area contributed by atoms with E-state index in [1.165, 1.54) is 0 Å². The molecule has 0 aromatic carbocycles. The van der Waals surface area contributed by atoms with Crippen LogP contribution in [-0.4, -0.2) is 76.1 Å². The highest BCUT2D eigenvalue weighted by Crippen LogP contribution is 2.04. The molecule has 0 saturated carbocycles. The summed E-state index contributed by atoms with van der Waals surface area (Å²) in [6.45, 7) is 28.9. The van der Waals surface area contributed by atoms with Crippen molar-refractivity contribution in [2.75, 3.05) is 0 Å². The van der Waals surface area contributed by atoms with Gasteiger partial charge >= 0.3 is 0 Å². The second-order valence-electron chi connectivity index (χ2n) is 11.0. The summed E-state index contributed by atoms with van der Waals surface area (Å²) in [5.74, 6) is 9.36. The minimum atomic E-state index is 0. The fourth-order valence-electron chi connectivity index (χ4n) is 3.26. The molecular weight excluding hydrogens is 871 g/mol. The summed E-state index contributed by atoms with van der Waals surface area (Å²) in [6.07, 6.45) is 1.70. The van der Waals surface area contributed by atoms with Gasteiger partial charge in [-0.15, -0.1) is 41.9 Å². The van der Waals surface area contributed by atoms with Gasteiger partial charge in [-0.25, -0.2) is 4.98 Å². The zero-order valence-electron chi connectivity index (χ0n) is 34.6. The summed E-state index contributed by atoms with van der Waals surface area (Å²) < 4.78 is 33.1. The molecule has 0 bridgehead atoms. The molecule has 23 heteroatoms. The summed E-state index contributed by atoms with van der Waals surface area (Å²) >= 11 is 1.62. The SMILES string of the molecule is C.C.C.C.C.C.C.C.C.C.Cc1cnc(C)o1.Cc1nnc(C)o1.Cc1nnc(C)o1.Cc1nnc(C)s1.Cc1noc(C)n1.Cc1noc(C)n1.Cc1noc(C)n1.Cc1noc(C)n1. The van der Waals surface area contributed by atoms with Crippen molar-refractivity contribution in [1.82, 2.24) is 76.1 Å². The fraction of sp³-hybridized carbons (Fsp3) is 0.605. The van der Waals surface area contributed by atoms with Gasteiger partial charge in [0, 0.05) is 62.3 Å². The minimum Gasteiger partial charge on any atom is -0.446 e. The minimum absolute atomic E-state index is 0. The van der Waals surface area contributed by atoms with Gasteiger partial charge < -0.3 is 31.3 Å². The first-order valence-corrected chi connectivity index (χ1v) is 17.4. The topological polar surface area (TPSA) is 285 Å². The maximum Gasteiger partial charge on any atom is 0.223 e. The van der Waals surface area contributed by atoms with E-state index in [1.54, 1.807) is 101 Å². The Morgan fingerprint density at radius 3 is 0.606 bits per heavy atom. The highest BCUT2D eigenvalue weighted by molar-refractivity contribution is 7.11. The van der Waals surface area contributed by atoms with Crippen molar-refractivity contribution in [3.05, 3.63) is 98.3 Å². The largest absolute Gasteiger partial charge is 0.446 e. The normalized spacial score (nSPS) is 8.00. The molecule has 22 nitrogen and oxygen atoms in total. The van der Waals surface area contributed by atoms with Crippen LogP contribution in [0.5, 0.6) is 0 Å². The molecule has 8 aromatic heterocycles. The Balaban J connectivity index is -0.0000000664. The molecule has 0 aliphatic carbocycles. The van der Waals surface area contributed by atoms with E-state index in [0.717, 1.165) is 21.7 Å². The van der Waals surface area contributed by atoms with E-state index in [9.17, 15) is 0 Å². The molecule has 0 aliphatic rings. The number of hydrogen-bond donors (Lipinski definition) is 0. The van der Waals surface area contributed by atoms with Crippen LogP contribution < -0.4 is 0 Å². The van der Waals surface area contributed by atoms with Crippen LogP contribution in [0.3, 0.4) is 0 Å². The molecule has 8 aromatic rings. The molecule has 0 N–H and O–H groups in total. The molecule has 0 radical (unpaired) electrons. The lowest BCUT2D eigenvalue weighted by atomic mass is 10.6.